The number of benzene rings is 3. The molecule has 0 spiro atoms. The maximum absolute atomic E-state index is 12.2. The van der Waals surface area contributed by atoms with Crippen molar-refractivity contribution >= 4 is 23.1 Å². The summed E-state index contributed by atoms with van der Waals surface area (Å²) in [6, 6.07) is 24.7. The van der Waals surface area contributed by atoms with Crippen molar-refractivity contribution in [1.82, 2.24) is 4.90 Å². The van der Waals surface area contributed by atoms with Gasteiger partial charge in [-0.1, -0.05) is 48.5 Å². The van der Waals surface area contributed by atoms with Crippen molar-refractivity contribution in [2.75, 3.05) is 29.2 Å². The second-order valence-corrected chi connectivity index (χ2v) is 7.71. The summed E-state index contributed by atoms with van der Waals surface area (Å²) in [5.74, 6) is 6.15. The second-order valence-electron chi connectivity index (χ2n) is 7.71. The van der Waals surface area contributed by atoms with E-state index in [9.17, 15) is 4.79 Å². The fraction of sp³-hybridized carbons (Fsp3) is 0.160. The molecule has 3 rings (SSSR count). The Balaban J connectivity index is 1.53. The maximum atomic E-state index is 12.2. The van der Waals surface area contributed by atoms with Gasteiger partial charge in [0.1, 0.15) is 0 Å². The molecule has 0 aliphatic rings. The van der Waals surface area contributed by atoms with E-state index in [-0.39, 0.29) is 6.03 Å². The lowest BCUT2D eigenvalue weighted by Gasteiger charge is -2.20. The summed E-state index contributed by atoms with van der Waals surface area (Å²) in [6.45, 7) is 3.32. The van der Waals surface area contributed by atoms with Crippen LogP contribution >= 0.6 is 0 Å². The molecule has 0 aliphatic heterocycles. The number of nitrogens with two attached hydrogens (primary N) is 2. The summed E-state index contributed by atoms with van der Waals surface area (Å²) in [7, 11) is 2.01. The Labute approximate surface area is 189 Å². The van der Waals surface area contributed by atoms with Crippen molar-refractivity contribution in [2.24, 2.45) is 11.6 Å². The van der Waals surface area contributed by atoms with Gasteiger partial charge in [0.15, 0.2) is 0 Å². The molecule has 3 aromatic rings. The van der Waals surface area contributed by atoms with Crippen molar-refractivity contribution < 1.29 is 4.79 Å². The van der Waals surface area contributed by atoms with Crippen LogP contribution in [0.5, 0.6) is 0 Å². The molecule has 6 N–H and O–H groups in total. The molecule has 0 saturated heterocycles. The van der Waals surface area contributed by atoms with Crippen LogP contribution in [0, 0.1) is 6.92 Å². The molecule has 0 heterocycles. The van der Waals surface area contributed by atoms with E-state index in [1.165, 1.54) is 10.6 Å². The number of rotatable bonds is 8. The van der Waals surface area contributed by atoms with Gasteiger partial charge in [0.25, 0.3) is 0 Å². The molecule has 7 nitrogen and oxygen atoms in total. The van der Waals surface area contributed by atoms with Gasteiger partial charge in [-0.15, -0.1) is 0 Å². The molecular formula is C25H30N6O. The highest BCUT2D eigenvalue weighted by molar-refractivity contribution is 6.00. The Kier molecular flexibility index (Phi) is 7.85. The first-order valence-corrected chi connectivity index (χ1v) is 10.4. The van der Waals surface area contributed by atoms with Gasteiger partial charge in [-0.2, -0.15) is 0 Å². The number of aryl methyl sites for hydroxylation is 1. The van der Waals surface area contributed by atoms with Crippen molar-refractivity contribution in [1.29, 1.82) is 0 Å². The third kappa shape index (κ3) is 6.87. The zero-order chi connectivity index (χ0) is 22.9. The number of para-hydroxylation sites is 1. The van der Waals surface area contributed by atoms with E-state index < -0.39 is 0 Å². The highest BCUT2D eigenvalue weighted by Crippen LogP contribution is 2.18. The van der Waals surface area contributed by atoms with Gasteiger partial charge in [0, 0.05) is 36.4 Å². The molecule has 166 valence electrons. The van der Waals surface area contributed by atoms with Gasteiger partial charge in [-0.25, -0.2) is 10.6 Å². The smallest absolute Gasteiger partial charge is 0.323 e. The number of amides is 2. The molecule has 0 aliphatic carbocycles. The number of hydrazine groups is 1. The van der Waals surface area contributed by atoms with Crippen LogP contribution in [0.3, 0.4) is 0 Å². The minimum atomic E-state index is -0.303. The molecule has 7 heteroatoms. The van der Waals surface area contributed by atoms with Gasteiger partial charge in [-0.05, 0) is 55.4 Å². The predicted molar refractivity (Wildman–Crippen MR) is 132 cm³/mol. The average Bonchev–Trinajstić information content (AvgIpc) is 2.76. The first kappa shape index (κ1) is 22.9. The number of nitrogens with zero attached hydrogens (tertiary/aromatic N) is 2. The monoisotopic (exact) mass is 430 g/mol. The molecule has 2 amide bonds. The Bertz CT molecular complexity index is 1050. The minimum Gasteiger partial charge on any atom is -0.400 e. The molecule has 32 heavy (non-hydrogen) atoms. The Morgan fingerprint density at radius 2 is 1.59 bits per heavy atom. The first-order chi connectivity index (χ1) is 15.4. The minimum absolute atomic E-state index is 0.303. The molecule has 0 unspecified atom stereocenters. The topological polar surface area (TPSA) is 99.6 Å². The number of likely N-dealkylation sites (N-methyl/N-ethyl adjacent to an activating group) is 1. The van der Waals surface area contributed by atoms with E-state index in [1.807, 2.05) is 68.6 Å². The first-order valence-electron chi connectivity index (χ1n) is 10.4. The third-order valence-electron chi connectivity index (χ3n) is 4.87. The largest absolute Gasteiger partial charge is 0.400 e. The van der Waals surface area contributed by atoms with Crippen LogP contribution in [0.4, 0.5) is 21.9 Å². The summed E-state index contributed by atoms with van der Waals surface area (Å²) in [6.07, 6.45) is 1.70. The number of anilines is 3. The third-order valence-corrected chi connectivity index (χ3v) is 4.87. The van der Waals surface area contributed by atoms with Crippen LogP contribution in [-0.2, 0) is 6.54 Å². The summed E-state index contributed by atoms with van der Waals surface area (Å²) in [5, 5.41) is 7.13. The van der Waals surface area contributed by atoms with Crippen LogP contribution in [0.2, 0.25) is 0 Å². The molecule has 3 aromatic carbocycles. The SMILES string of the molecule is Cc1ccccc1NC(=O)Nc1ccc(N(N)/C=C(\N)CN(C)Cc2ccccc2)cc1. The van der Waals surface area contributed by atoms with Crippen LogP contribution in [0.25, 0.3) is 0 Å². The lowest BCUT2D eigenvalue weighted by atomic mass is 10.2. The van der Waals surface area contributed by atoms with Gasteiger partial charge in [0.05, 0.1) is 5.69 Å². The van der Waals surface area contributed by atoms with E-state index in [1.54, 1.807) is 18.3 Å². The molecule has 0 aromatic heterocycles. The lowest BCUT2D eigenvalue weighted by molar-refractivity contribution is 0.262. The zero-order valence-electron chi connectivity index (χ0n) is 18.5. The average molecular weight is 431 g/mol. The van der Waals surface area contributed by atoms with Gasteiger partial charge in [0.2, 0.25) is 0 Å². The van der Waals surface area contributed by atoms with Crippen molar-refractivity contribution in [3.05, 3.63) is 102 Å². The molecule has 0 fully saturated rings. The van der Waals surface area contributed by atoms with Crippen molar-refractivity contribution in [3.8, 4) is 0 Å². The van der Waals surface area contributed by atoms with Crippen molar-refractivity contribution in [3.63, 3.8) is 0 Å². The highest BCUT2D eigenvalue weighted by atomic mass is 16.2. The molecular weight excluding hydrogens is 400 g/mol. The zero-order valence-corrected chi connectivity index (χ0v) is 18.5. The Morgan fingerprint density at radius 3 is 2.28 bits per heavy atom. The number of carbonyl (C=O) groups excluding carboxylic acids is 1. The predicted octanol–water partition coefficient (Wildman–Crippen LogP) is 4.25. The summed E-state index contributed by atoms with van der Waals surface area (Å²) >= 11 is 0. The number of nitrogens with one attached hydrogen (secondary N) is 2. The fourth-order valence-electron chi connectivity index (χ4n) is 3.27. The fourth-order valence-corrected chi connectivity index (χ4v) is 3.27. The maximum Gasteiger partial charge on any atom is 0.323 e. The number of hydrogen-bond acceptors (Lipinski definition) is 5. The van der Waals surface area contributed by atoms with Crippen LogP contribution in [-0.4, -0.2) is 24.5 Å². The number of carbonyl (C=O) groups is 1. The van der Waals surface area contributed by atoms with Gasteiger partial charge in [-0.3, -0.25) is 9.91 Å². The number of urea groups is 1. The van der Waals surface area contributed by atoms with Crippen LogP contribution < -0.4 is 27.2 Å². The molecule has 0 saturated carbocycles. The second kappa shape index (κ2) is 11.0. The standard InChI is InChI=1S/C25H30N6O/c1-19-8-6-7-11-24(19)29-25(32)28-22-12-14-23(15-13-22)31(27)18-21(26)17-30(2)16-20-9-4-3-5-10-20/h3-15,18H,16-17,26-27H2,1-2H3,(H2,28,29,32)/b21-18-. The normalized spacial score (nSPS) is 11.3. The lowest BCUT2D eigenvalue weighted by Crippen LogP contribution is -2.29. The van der Waals surface area contributed by atoms with E-state index in [2.05, 4.69) is 27.7 Å². The van der Waals surface area contributed by atoms with Gasteiger partial charge >= 0.3 is 6.03 Å². The van der Waals surface area contributed by atoms with Crippen LogP contribution in [0.1, 0.15) is 11.1 Å². The van der Waals surface area contributed by atoms with Crippen LogP contribution in [0.15, 0.2) is 90.8 Å². The van der Waals surface area contributed by atoms with E-state index in [0.717, 1.165) is 23.5 Å². The van der Waals surface area contributed by atoms with Gasteiger partial charge < -0.3 is 16.4 Å². The van der Waals surface area contributed by atoms with E-state index >= 15 is 0 Å². The summed E-state index contributed by atoms with van der Waals surface area (Å²) in [4.78, 5) is 14.4. The van der Waals surface area contributed by atoms with E-state index in [4.69, 9.17) is 11.6 Å². The summed E-state index contributed by atoms with van der Waals surface area (Å²) in [5.41, 5.74) is 11.2. The quantitative estimate of drug-likeness (QED) is 0.316. The molecule has 0 atom stereocenters. The number of hydrogen-bond donors (Lipinski definition) is 4. The van der Waals surface area contributed by atoms with E-state index in [0.29, 0.717) is 17.9 Å². The summed E-state index contributed by atoms with van der Waals surface area (Å²) < 4.78 is 0. The van der Waals surface area contributed by atoms with Crippen molar-refractivity contribution in [2.45, 2.75) is 13.5 Å². The Morgan fingerprint density at radius 1 is 0.938 bits per heavy atom. The molecule has 0 radical (unpaired) electrons. The molecule has 0 bridgehead atoms. The highest BCUT2D eigenvalue weighted by Gasteiger charge is 2.07. The Hall–Kier alpha value is -3.81.